The maximum Gasteiger partial charge on any atom is 0.0703 e. The van der Waals surface area contributed by atoms with Crippen LogP contribution in [0.3, 0.4) is 0 Å². The Labute approximate surface area is 95.3 Å². The zero-order chi connectivity index (χ0) is 11.4. The Balaban J connectivity index is 2.87. The Morgan fingerprint density at radius 1 is 0.800 bits per heavy atom. The topological polar surface area (TPSA) is 18.5 Å². The molecule has 0 N–H and O–H groups in total. The Kier molecular flexibility index (Phi) is 11.9. The Hall–Kier alpha value is -0.0800. The summed E-state index contributed by atoms with van der Waals surface area (Å²) in [5.74, 6) is 0. The second-order valence-corrected chi connectivity index (χ2v) is 4.30. The second-order valence-electron chi connectivity index (χ2n) is 4.30. The molecule has 0 fully saturated rings. The van der Waals surface area contributed by atoms with Gasteiger partial charge in [-0.05, 0) is 20.3 Å². The first-order valence-corrected chi connectivity index (χ1v) is 6.46. The van der Waals surface area contributed by atoms with E-state index in [0.717, 1.165) is 19.8 Å². The van der Waals surface area contributed by atoms with E-state index in [1.54, 1.807) is 0 Å². The average molecular weight is 216 g/mol. The molecule has 0 bridgehead atoms. The highest BCUT2D eigenvalue weighted by atomic mass is 16.5. The van der Waals surface area contributed by atoms with Crippen molar-refractivity contribution in [2.45, 2.75) is 65.4 Å². The summed E-state index contributed by atoms with van der Waals surface area (Å²) in [5.41, 5.74) is 0. The minimum atomic E-state index is 0.322. The summed E-state index contributed by atoms with van der Waals surface area (Å²) in [6, 6.07) is 0. The summed E-state index contributed by atoms with van der Waals surface area (Å²) in [6.07, 6.45) is 8.28. The second kappa shape index (κ2) is 12.0. The molecule has 0 atom stereocenters. The van der Waals surface area contributed by atoms with Crippen LogP contribution in [0.15, 0.2) is 0 Å². The van der Waals surface area contributed by atoms with Crippen LogP contribution < -0.4 is 0 Å². The van der Waals surface area contributed by atoms with Crippen LogP contribution in [-0.2, 0) is 9.47 Å². The first kappa shape index (κ1) is 14.9. The first-order valence-electron chi connectivity index (χ1n) is 6.46. The first-order chi connectivity index (χ1) is 7.27. The fraction of sp³-hybridized carbons (Fsp3) is 1.00. The van der Waals surface area contributed by atoms with E-state index in [4.69, 9.17) is 9.47 Å². The van der Waals surface area contributed by atoms with E-state index < -0.39 is 0 Å². The molecule has 2 nitrogen and oxygen atoms in total. The number of unbranched alkanes of at least 4 members (excludes halogenated alkanes) is 5. The standard InChI is InChI=1S/C13H28O2/c1-4-5-6-7-8-9-10-14-11-12-15-13(2)3/h13H,4-12H2,1-3H3. The molecule has 0 spiro atoms. The van der Waals surface area contributed by atoms with Gasteiger partial charge in [-0.25, -0.2) is 0 Å². The Morgan fingerprint density at radius 3 is 2.13 bits per heavy atom. The van der Waals surface area contributed by atoms with Crippen molar-refractivity contribution in [2.75, 3.05) is 19.8 Å². The SMILES string of the molecule is CCCCCCCCOCCOC(C)C. The van der Waals surface area contributed by atoms with Crippen LogP contribution in [0.4, 0.5) is 0 Å². The maximum atomic E-state index is 5.47. The molecule has 0 unspecified atom stereocenters. The van der Waals surface area contributed by atoms with Gasteiger partial charge >= 0.3 is 0 Å². The molecule has 0 aromatic heterocycles. The molecule has 0 amide bonds. The third kappa shape index (κ3) is 13.9. The summed E-state index contributed by atoms with van der Waals surface area (Å²) >= 11 is 0. The third-order valence-corrected chi connectivity index (χ3v) is 2.32. The summed E-state index contributed by atoms with van der Waals surface area (Å²) < 4.78 is 10.8. The van der Waals surface area contributed by atoms with E-state index in [1.165, 1.54) is 38.5 Å². The lowest BCUT2D eigenvalue weighted by Gasteiger charge is -2.07. The highest BCUT2D eigenvalue weighted by Gasteiger charge is 1.93. The third-order valence-electron chi connectivity index (χ3n) is 2.32. The average Bonchev–Trinajstić information content (AvgIpc) is 2.20. The van der Waals surface area contributed by atoms with E-state index in [9.17, 15) is 0 Å². The van der Waals surface area contributed by atoms with Gasteiger partial charge in [0.05, 0.1) is 19.3 Å². The fourth-order valence-electron chi connectivity index (χ4n) is 1.43. The zero-order valence-corrected chi connectivity index (χ0v) is 10.8. The molecular formula is C13H28O2. The maximum absolute atomic E-state index is 5.47. The van der Waals surface area contributed by atoms with Gasteiger partial charge in [0, 0.05) is 6.61 Å². The number of hydrogen-bond donors (Lipinski definition) is 0. The highest BCUT2D eigenvalue weighted by Crippen LogP contribution is 2.04. The van der Waals surface area contributed by atoms with Crippen LogP contribution in [0.25, 0.3) is 0 Å². The number of ether oxygens (including phenoxy) is 2. The quantitative estimate of drug-likeness (QED) is 0.489. The van der Waals surface area contributed by atoms with Crippen LogP contribution >= 0.6 is 0 Å². The molecule has 0 aliphatic rings. The van der Waals surface area contributed by atoms with Crippen molar-refractivity contribution in [3.05, 3.63) is 0 Å². The van der Waals surface area contributed by atoms with Crippen LogP contribution in [-0.4, -0.2) is 25.9 Å². The molecule has 0 heterocycles. The van der Waals surface area contributed by atoms with Crippen molar-refractivity contribution in [3.63, 3.8) is 0 Å². The summed E-state index contributed by atoms with van der Waals surface area (Å²) in [4.78, 5) is 0. The van der Waals surface area contributed by atoms with Crippen molar-refractivity contribution >= 4 is 0 Å². The number of rotatable bonds is 11. The molecular weight excluding hydrogens is 188 g/mol. The normalized spacial score (nSPS) is 11.2. The Morgan fingerprint density at radius 2 is 1.47 bits per heavy atom. The molecule has 0 saturated heterocycles. The minimum absolute atomic E-state index is 0.322. The molecule has 0 aromatic rings. The van der Waals surface area contributed by atoms with Crippen LogP contribution in [0, 0.1) is 0 Å². The zero-order valence-electron chi connectivity index (χ0n) is 10.8. The molecule has 0 aliphatic carbocycles. The molecule has 0 saturated carbocycles. The minimum Gasteiger partial charge on any atom is -0.379 e. The van der Waals surface area contributed by atoms with E-state index in [2.05, 4.69) is 6.92 Å². The van der Waals surface area contributed by atoms with Gasteiger partial charge in [0.15, 0.2) is 0 Å². The smallest absolute Gasteiger partial charge is 0.0703 e. The van der Waals surface area contributed by atoms with Gasteiger partial charge in [-0.1, -0.05) is 39.0 Å². The van der Waals surface area contributed by atoms with Crippen LogP contribution in [0.5, 0.6) is 0 Å². The van der Waals surface area contributed by atoms with Gasteiger partial charge in [-0.15, -0.1) is 0 Å². The van der Waals surface area contributed by atoms with E-state index in [0.29, 0.717) is 6.10 Å². The van der Waals surface area contributed by atoms with Crippen molar-refractivity contribution in [2.24, 2.45) is 0 Å². The summed E-state index contributed by atoms with van der Waals surface area (Å²) in [5, 5.41) is 0. The van der Waals surface area contributed by atoms with Gasteiger partial charge in [0.2, 0.25) is 0 Å². The van der Waals surface area contributed by atoms with E-state index >= 15 is 0 Å². The van der Waals surface area contributed by atoms with Gasteiger partial charge in [0.1, 0.15) is 0 Å². The molecule has 0 radical (unpaired) electrons. The predicted octanol–water partition coefficient (Wildman–Crippen LogP) is 3.79. The number of hydrogen-bond acceptors (Lipinski definition) is 2. The van der Waals surface area contributed by atoms with Crippen LogP contribution in [0.2, 0.25) is 0 Å². The molecule has 0 rings (SSSR count). The monoisotopic (exact) mass is 216 g/mol. The van der Waals surface area contributed by atoms with Gasteiger partial charge < -0.3 is 9.47 Å². The predicted molar refractivity (Wildman–Crippen MR) is 65.3 cm³/mol. The molecule has 92 valence electrons. The largest absolute Gasteiger partial charge is 0.379 e. The van der Waals surface area contributed by atoms with E-state index in [-0.39, 0.29) is 0 Å². The van der Waals surface area contributed by atoms with Crippen molar-refractivity contribution < 1.29 is 9.47 Å². The fourth-order valence-corrected chi connectivity index (χ4v) is 1.43. The molecule has 2 heteroatoms. The van der Waals surface area contributed by atoms with Crippen molar-refractivity contribution in [1.82, 2.24) is 0 Å². The van der Waals surface area contributed by atoms with Gasteiger partial charge in [-0.2, -0.15) is 0 Å². The summed E-state index contributed by atoms with van der Waals surface area (Å²) in [6.45, 7) is 8.72. The summed E-state index contributed by atoms with van der Waals surface area (Å²) in [7, 11) is 0. The highest BCUT2D eigenvalue weighted by molar-refractivity contribution is 4.43. The van der Waals surface area contributed by atoms with E-state index in [1.807, 2.05) is 13.8 Å². The van der Waals surface area contributed by atoms with Gasteiger partial charge in [0.25, 0.3) is 0 Å². The van der Waals surface area contributed by atoms with Crippen LogP contribution in [0.1, 0.15) is 59.3 Å². The van der Waals surface area contributed by atoms with Gasteiger partial charge in [-0.3, -0.25) is 0 Å². The van der Waals surface area contributed by atoms with Crippen molar-refractivity contribution in [3.8, 4) is 0 Å². The molecule has 0 aromatic carbocycles. The lowest BCUT2D eigenvalue weighted by molar-refractivity contribution is 0.0186. The lowest BCUT2D eigenvalue weighted by Crippen LogP contribution is -2.10. The van der Waals surface area contributed by atoms with Crippen molar-refractivity contribution in [1.29, 1.82) is 0 Å². The molecule has 0 aliphatic heterocycles. The Bertz CT molecular complexity index is 113. The molecule has 15 heavy (non-hydrogen) atoms. The lowest BCUT2D eigenvalue weighted by atomic mass is 10.1.